The molecule has 1 aromatic carbocycles. The Morgan fingerprint density at radius 3 is 2.71 bits per heavy atom. The summed E-state index contributed by atoms with van der Waals surface area (Å²) in [7, 11) is 0. The summed E-state index contributed by atoms with van der Waals surface area (Å²) < 4.78 is 2.00. The topological polar surface area (TPSA) is 90.0 Å². The Hall–Kier alpha value is -3.29. The van der Waals surface area contributed by atoms with Gasteiger partial charge in [-0.05, 0) is 31.7 Å². The molecular weight excluding hydrogens is 356 g/mol. The molecule has 0 atom stereocenters. The quantitative estimate of drug-likeness (QED) is 0.499. The molecule has 1 saturated heterocycles. The first-order valence-corrected chi connectivity index (χ1v) is 9.41. The number of piperidine rings is 1. The molecule has 0 bridgehead atoms. The summed E-state index contributed by atoms with van der Waals surface area (Å²) in [5, 5.41) is 15.4. The van der Waals surface area contributed by atoms with Crippen LogP contribution in [0.25, 0.3) is 11.4 Å². The van der Waals surface area contributed by atoms with Gasteiger partial charge in [0.15, 0.2) is 5.82 Å². The second-order valence-electron chi connectivity index (χ2n) is 7.16. The highest BCUT2D eigenvalue weighted by atomic mass is 16.6. The van der Waals surface area contributed by atoms with E-state index in [1.165, 1.54) is 12.1 Å². The van der Waals surface area contributed by atoms with Crippen LogP contribution in [0.2, 0.25) is 0 Å². The van der Waals surface area contributed by atoms with E-state index in [0.717, 1.165) is 44.0 Å². The number of nitro groups is 1. The van der Waals surface area contributed by atoms with Crippen LogP contribution >= 0.6 is 0 Å². The maximum absolute atomic E-state index is 11.1. The third-order valence-corrected chi connectivity index (χ3v) is 5.10. The van der Waals surface area contributed by atoms with E-state index in [-0.39, 0.29) is 5.69 Å². The summed E-state index contributed by atoms with van der Waals surface area (Å²) in [4.78, 5) is 22.1. The predicted molar refractivity (Wildman–Crippen MR) is 106 cm³/mol. The number of nitro benzene ring substituents is 1. The van der Waals surface area contributed by atoms with Crippen molar-refractivity contribution in [2.24, 2.45) is 5.92 Å². The van der Waals surface area contributed by atoms with Gasteiger partial charge in [-0.3, -0.25) is 14.8 Å². The first-order valence-electron chi connectivity index (χ1n) is 9.41. The molecule has 0 unspecified atom stereocenters. The fourth-order valence-corrected chi connectivity index (χ4v) is 3.62. The van der Waals surface area contributed by atoms with E-state index in [1.807, 2.05) is 42.2 Å². The number of anilines is 1. The van der Waals surface area contributed by atoms with Gasteiger partial charge in [0.2, 0.25) is 0 Å². The fraction of sp³-hybridized carbons (Fsp3) is 0.350. The average molecular weight is 378 g/mol. The van der Waals surface area contributed by atoms with Crippen molar-refractivity contribution in [2.75, 3.05) is 18.0 Å². The predicted octanol–water partition coefficient (Wildman–Crippen LogP) is 3.47. The normalized spacial score (nSPS) is 15.0. The molecule has 0 N–H and O–H groups in total. The molecule has 0 radical (unpaired) electrons. The Labute approximate surface area is 163 Å². The number of aromatic nitrogens is 4. The van der Waals surface area contributed by atoms with Gasteiger partial charge in [0.05, 0.1) is 4.92 Å². The summed E-state index contributed by atoms with van der Waals surface area (Å²) >= 11 is 0. The molecular formula is C20H22N6O2. The zero-order valence-electron chi connectivity index (χ0n) is 15.7. The maximum Gasteiger partial charge on any atom is 0.270 e. The third kappa shape index (κ3) is 4.00. The molecule has 1 aliphatic heterocycles. The van der Waals surface area contributed by atoms with Gasteiger partial charge >= 0.3 is 0 Å². The number of benzene rings is 1. The number of rotatable bonds is 5. The molecule has 3 heterocycles. The molecule has 0 saturated carbocycles. The minimum absolute atomic E-state index is 0.0450. The smallest absolute Gasteiger partial charge is 0.270 e. The van der Waals surface area contributed by atoms with Crippen molar-refractivity contribution in [3.63, 3.8) is 0 Å². The van der Waals surface area contributed by atoms with Crippen molar-refractivity contribution in [3.8, 4) is 11.4 Å². The van der Waals surface area contributed by atoms with Crippen LogP contribution in [0.5, 0.6) is 0 Å². The van der Waals surface area contributed by atoms with Crippen LogP contribution < -0.4 is 4.90 Å². The molecule has 4 rings (SSSR count). The second kappa shape index (κ2) is 7.75. The Morgan fingerprint density at radius 2 is 2.00 bits per heavy atom. The molecule has 0 spiro atoms. The van der Waals surface area contributed by atoms with Gasteiger partial charge in [-0.25, -0.2) is 9.97 Å². The lowest BCUT2D eigenvalue weighted by molar-refractivity contribution is -0.384. The van der Waals surface area contributed by atoms with Crippen LogP contribution in [0.4, 0.5) is 11.5 Å². The van der Waals surface area contributed by atoms with Gasteiger partial charge in [0.25, 0.3) is 5.69 Å². The number of hydrogen-bond donors (Lipinski definition) is 0. The number of aryl methyl sites for hydroxylation is 1. The zero-order valence-corrected chi connectivity index (χ0v) is 15.7. The van der Waals surface area contributed by atoms with Crippen LogP contribution in [0.15, 0.2) is 48.8 Å². The monoisotopic (exact) mass is 378 g/mol. The van der Waals surface area contributed by atoms with E-state index in [4.69, 9.17) is 4.98 Å². The van der Waals surface area contributed by atoms with E-state index >= 15 is 0 Å². The molecule has 0 aliphatic carbocycles. The fourth-order valence-electron chi connectivity index (χ4n) is 3.62. The Kier molecular flexibility index (Phi) is 5.01. The van der Waals surface area contributed by atoms with Gasteiger partial charge in [0, 0.05) is 61.5 Å². The van der Waals surface area contributed by atoms with E-state index < -0.39 is 4.92 Å². The summed E-state index contributed by atoms with van der Waals surface area (Å²) in [6, 6.07) is 10.4. The first-order chi connectivity index (χ1) is 13.6. The standard InChI is InChI=1S/C20H22N6O2/c1-15-12-19(23-20(22-15)17-4-2-5-18(13-17)26(27)28)24-10-6-16(7-11-24)14-25-9-3-8-21-25/h2-5,8-9,12-13,16H,6-7,10-11,14H2,1H3. The Bertz CT molecular complexity index is 965. The number of nitrogens with zero attached hydrogens (tertiary/aromatic N) is 6. The van der Waals surface area contributed by atoms with Crippen LogP contribution in [0.3, 0.4) is 0 Å². The number of non-ortho nitro benzene ring substituents is 1. The van der Waals surface area contributed by atoms with Crippen molar-refractivity contribution in [3.05, 3.63) is 64.6 Å². The molecule has 8 nitrogen and oxygen atoms in total. The molecule has 28 heavy (non-hydrogen) atoms. The third-order valence-electron chi connectivity index (χ3n) is 5.10. The van der Waals surface area contributed by atoms with E-state index in [0.29, 0.717) is 17.3 Å². The number of hydrogen-bond acceptors (Lipinski definition) is 6. The molecule has 3 aromatic rings. The highest BCUT2D eigenvalue weighted by Crippen LogP contribution is 2.27. The zero-order chi connectivity index (χ0) is 19.5. The van der Waals surface area contributed by atoms with Gasteiger partial charge in [-0.1, -0.05) is 12.1 Å². The van der Waals surface area contributed by atoms with E-state index in [2.05, 4.69) is 15.0 Å². The minimum atomic E-state index is -0.398. The van der Waals surface area contributed by atoms with Crippen molar-refractivity contribution in [1.29, 1.82) is 0 Å². The van der Waals surface area contributed by atoms with Crippen molar-refractivity contribution < 1.29 is 4.92 Å². The lowest BCUT2D eigenvalue weighted by Crippen LogP contribution is -2.35. The Balaban J connectivity index is 1.50. The van der Waals surface area contributed by atoms with Crippen molar-refractivity contribution >= 4 is 11.5 Å². The highest BCUT2D eigenvalue weighted by Gasteiger charge is 2.22. The summed E-state index contributed by atoms with van der Waals surface area (Å²) in [6.07, 6.45) is 5.98. The van der Waals surface area contributed by atoms with Crippen LogP contribution in [0.1, 0.15) is 18.5 Å². The average Bonchev–Trinajstić information content (AvgIpc) is 3.21. The van der Waals surface area contributed by atoms with Crippen LogP contribution in [0, 0.1) is 23.0 Å². The van der Waals surface area contributed by atoms with Crippen LogP contribution in [-0.2, 0) is 6.54 Å². The van der Waals surface area contributed by atoms with Gasteiger partial charge < -0.3 is 4.90 Å². The first kappa shape index (κ1) is 18.1. The van der Waals surface area contributed by atoms with Crippen molar-refractivity contribution in [1.82, 2.24) is 19.7 Å². The molecule has 8 heteroatoms. The summed E-state index contributed by atoms with van der Waals surface area (Å²) in [5.74, 6) is 2.01. The van der Waals surface area contributed by atoms with Crippen LogP contribution in [-0.4, -0.2) is 37.8 Å². The lowest BCUT2D eigenvalue weighted by Gasteiger charge is -2.33. The summed E-state index contributed by atoms with van der Waals surface area (Å²) in [5.41, 5.74) is 1.56. The van der Waals surface area contributed by atoms with E-state index in [9.17, 15) is 10.1 Å². The largest absolute Gasteiger partial charge is 0.356 e. The van der Waals surface area contributed by atoms with Crippen molar-refractivity contribution in [2.45, 2.75) is 26.3 Å². The molecule has 0 amide bonds. The van der Waals surface area contributed by atoms with E-state index in [1.54, 1.807) is 6.07 Å². The molecule has 1 aliphatic rings. The van der Waals surface area contributed by atoms with Gasteiger partial charge in [0.1, 0.15) is 5.82 Å². The van der Waals surface area contributed by atoms with Gasteiger partial charge in [-0.2, -0.15) is 5.10 Å². The summed E-state index contributed by atoms with van der Waals surface area (Å²) in [6.45, 7) is 4.73. The highest BCUT2D eigenvalue weighted by molar-refractivity contribution is 5.61. The minimum Gasteiger partial charge on any atom is -0.356 e. The molecule has 1 fully saturated rings. The Morgan fingerprint density at radius 1 is 1.18 bits per heavy atom. The maximum atomic E-state index is 11.1. The van der Waals surface area contributed by atoms with Gasteiger partial charge in [-0.15, -0.1) is 0 Å². The molecule has 144 valence electrons. The molecule has 2 aromatic heterocycles. The second-order valence-corrected chi connectivity index (χ2v) is 7.16. The SMILES string of the molecule is Cc1cc(N2CCC(Cn3cccn3)CC2)nc(-c2cccc([N+](=O)[O-])c2)n1. The lowest BCUT2D eigenvalue weighted by atomic mass is 9.97.